The van der Waals surface area contributed by atoms with Crippen molar-refractivity contribution in [2.45, 2.75) is 18.9 Å². The maximum absolute atomic E-state index is 10.6. The van der Waals surface area contributed by atoms with Gasteiger partial charge in [-0.05, 0) is 50.2 Å². The highest BCUT2D eigenvalue weighted by Crippen LogP contribution is 2.10. The fourth-order valence-corrected chi connectivity index (χ4v) is 3.08. The third-order valence-corrected chi connectivity index (χ3v) is 4.87. The average molecular weight is 470 g/mol. The summed E-state index contributed by atoms with van der Waals surface area (Å²) in [6.45, 7) is 8.48. The highest BCUT2D eigenvalue weighted by molar-refractivity contribution is 5.74. The normalized spacial score (nSPS) is 14.4. The van der Waals surface area contributed by atoms with Gasteiger partial charge in [-0.3, -0.25) is 4.79 Å². The minimum absolute atomic E-state index is 0.375. The number of hydrogen-bond acceptors (Lipinski definition) is 9. The molecule has 33 heavy (non-hydrogen) atoms. The lowest BCUT2D eigenvalue weighted by molar-refractivity contribution is -0.0299. The van der Waals surface area contributed by atoms with Crippen molar-refractivity contribution in [2.24, 2.45) is 0 Å². The first kappa shape index (κ1) is 27.7. The Balaban J connectivity index is 1.22. The lowest BCUT2D eigenvalue weighted by Gasteiger charge is -2.22. The van der Waals surface area contributed by atoms with Crippen LogP contribution in [0.4, 0.5) is 0 Å². The number of carbonyl (C=O) groups is 1. The van der Waals surface area contributed by atoms with Gasteiger partial charge >= 0.3 is 0 Å². The van der Waals surface area contributed by atoms with E-state index in [4.69, 9.17) is 33.2 Å². The van der Waals surface area contributed by atoms with Crippen LogP contribution in [0.25, 0.3) is 0 Å². The van der Waals surface area contributed by atoms with Crippen molar-refractivity contribution in [2.75, 3.05) is 92.4 Å². The highest BCUT2D eigenvalue weighted by Gasteiger charge is 2.12. The van der Waals surface area contributed by atoms with Crippen molar-refractivity contribution in [1.29, 1.82) is 0 Å². The van der Waals surface area contributed by atoms with E-state index in [1.807, 2.05) is 0 Å². The second-order valence-corrected chi connectivity index (χ2v) is 7.42. The van der Waals surface area contributed by atoms with E-state index in [1.165, 1.54) is 0 Å². The number of rotatable bonds is 21. The van der Waals surface area contributed by atoms with E-state index in [-0.39, 0.29) is 0 Å². The first-order valence-corrected chi connectivity index (χ1v) is 11.8. The summed E-state index contributed by atoms with van der Waals surface area (Å²) in [6.07, 6.45) is 3.34. The Labute approximate surface area is 197 Å². The van der Waals surface area contributed by atoms with Gasteiger partial charge in [0.05, 0.1) is 78.8 Å². The molecule has 0 unspecified atom stereocenters. The zero-order valence-electron chi connectivity index (χ0n) is 19.5. The number of nitrogens with one attached hydrogen (secondary N) is 1. The smallest absolute Gasteiger partial charge is 0.150 e. The molecule has 0 radical (unpaired) electrons. The first-order valence-electron chi connectivity index (χ1n) is 11.8. The quantitative estimate of drug-likeness (QED) is 0.213. The van der Waals surface area contributed by atoms with Gasteiger partial charge in [-0.2, -0.15) is 0 Å². The van der Waals surface area contributed by atoms with E-state index in [1.54, 1.807) is 24.3 Å². The molecule has 9 nitrogen and oxygen atoms in total. The lowest BCUT2D eigenvalue weighted by Crippen LogP contribution is -2.33. The summed E-state index contributed by atoms with van der Waals surface area (Å²) in [6, 6.07) is 6.96. The van der Waals surface area contributed by atoms with Crippen LogP contribution in [0.1, 0.15) is 23.2 Å². The molecule has 1 N–H and O–H groups in total. The largest absolute Gasteiger partial charge is 0.491 e. The van der Waals surface area contributed by atoms with Crippen molar-refractivity contribution >= 4 is 6.29 Å². The Kier molecular flexibility index (Phi) is 16.6. The predicted molar refractivity (Wildman–Crippen MR) is 123 cm³/mol. The first-order chi connectivity index (χ1) is 16.4. The van der Waals surface area contributed by atoms with Gasteiger partial charge in [-0.1, -0.05) is 0 Å². The van der Waals surface area contributed by atoms with Crippen LogP contribution in [-0.4, -0.2) is 105 Å². The maximum Gasteiger partial charge on any atom is 0.150 e. The van der Waals surface area contributed by atoms with Crippen LogP contribution in [-0.2, 0) is 28.4 Å². The predicted octanol–water partition coefficient (Wildman–Crippen LogP) is 1.73. The van der Waals surface area contributed by atoms with Gasteiger partial charge in [0.1, 0.15) is 18.6 Å². The molecule has 0 atom stereocenters. The molecule has 0 aliphatic carbocycles. The standard InChI is InChI=1S/C24H39NO8/c26-21-22-1-3-23(4-2-22)32-19-17-30-15-13-28-11-9-27-10-12-29-14-16-31-18-20-33-24-5-7-25-8-6-24/h1-4,21,24-25H,5-20H2. The fourth-order valence-electron chi connectivity index (χ4n) is 3.08. The van der Waals surface area contributed by atoms with E-state index in [2.05, 4.69) is 5.32 Å². The summed E-state index contributed by atoms with van der Waals surface area (Å²) in [5.41, 5.74) is 0.627. The molecule has 188 valence electrons. The Bertz CT molecular complexity index is 580. The molecule has 1 aromatic rings. The van der Waals surface area contributed by atoms with Crippen molar-refractivity contribution in [3.05, 3.63) is 29.8 Å². The minimum Gasteiger partial charge on any atom is -0.491 e. The SMILES string of the molecule is O=Cc1ccc(OCCOCCOCCOCCOCCOCCOC2CCNCC2)cc1. The van der Waals surface area contributed by atoms with Crippen LogP contribution in [0.2, 0.25) is 0 Å². The van der Waals surface area contributed by atoms with E-state index in [0.29, 0.717) is 96.7 Å². The summed E-state index contributed by atoms with van der Waals surface area (Å²) < 4.78 is 38.6. The molecule has 1 fully saturated rings. The van der Waals surface area contributed by atoms with E-state index in [0.717, 1.165) is 32.2 Å². The second-order valence-electron chi connectivity index (χ2n) is 7.42. The van der Waals surface area contributed by atoms with Crippen LogP contribution in [0.3, 0.4) is 0 Å². The zero-order valence-corrected chi connectivity index (χ0v) is 19.5. The van der Waals surface area contributed by atoms with Crippen LogP contribution < -0.4 is 10.1 Å². The van der Waals surface area contributed by atoms with Crippen molar-refractivity contribution in [1.82, 2.24) is 5.32 Å². The topological polar surface area (TPSA) is 93.7 Å². The van der Waals surface area contributed by atoms with Crippen molar-refractivity contribution < 1.29 is 38.0 Å². The van der Waals surface area contributed by atoms with Crippen molar-refractivity contribution in [3.63, 3.8) is 0 Å². The molecule has 1 heterocycles. The average Bonchev–Trinajstić information content (AvgIpc) is 2.86. The van der Waals surface area contributed by atoms with E-state index >= 15 is 0 Å². The molecular formula is C24H39NO8. The molecule has 0 amide bonds. The Morgan fingerprint density at radius 3 is 1.61 bits per heavy atom. The summed E-state index contributed by atoms with van der Waals surface area (Å²) in [5, 5.41) is 3.32. The third kappa shape index (κ3) is 15.0. The zero-order chi connectivity index (χ0) is 23.2. The fraction of sp³-hybridized carbons (Fsp3) is 0.708. The molecule has 1 aromatic carbocycles. The second kappa shape index (κ2) is 19.8. The molecule has 0 spiro atoms. The van der Waals surface area contributed by atoms with Gasteiger partial charge < -0.3 is 38.5 Å². The van der Waals surface area contributed by atoms with E-state index in [9.17, 15) is 4.79 Å². The number of carbonyl (C=O) groups excluding carboxylic acids is 1. The van der Waals surface area contributed by atoms with E-state index < -0.39 is 0 Å². The third-order valence-electron chi connectivity index (χ3n) is 4.87. The summed E-state index contributed by atoms with van der Waals surface area (Å²) in [4.78, 5) is 10.6. The molecule has 1 aliphatic heterocycles. The number of aldehydes is 1. The van der Waals surface area contributed by atoms with Gasteiger partial charge in [0.2, 0.25) is 0 Å². The molecular weight excluding hydrogens is 430 g/mol. The Hall–Kier alpha value is -1.59. The highest BCUT2D eigenvalue weighted by atomic mass is 16.6. The number of piperidine rings is 1. The maximum atomic E-state index is 10.6. The molecule has 2 rings (SSSR count). The van der Waals surface area contributed by atoms with Gasteiger partial charge in [0, 0.05) is 5.56 Å². The molecule has 0 aromatic heterocycles. The van der Waals surface area contributed by atoms with Gasteiger partial charge in [-0.25, -0.2) is 0 Å². The van der Waals surface area contributed by atoms with Gasteiger partial charge in [0.15, 0.2) is 0 Å². The Morgan fingerprint density at radius 1 is 0.667 bits per heavy atom. The summed E-state index contributed by atoms with van der Waals surface area (Å²) in [5.74, 6) is 0.715. The van der Waals surface area contributed by atoms with Crippen LogP contribution in [0, 0.1) is 0 Å². The minimum atomic E-state index is 0.375. The van der Waals surface area contributed by atoms with Crippen LogP contribution in [0.15, 0.2) is 24.3 Å². The summed E-state index contributed by atoms with van der Waals surface area (Å²) >= 11 is 0. The molecule has 1 saturated heterocycles. The monoisotopic (exact) mass is 469 g/mol. The number of benzene rings is 1. The lowest BCUT2D eigenvalue weighted by atomic mass is 10.1. The van der Waals surface area contributed by atoms with Gasteiger partial charge in [-0.15, -0.1) is 0 Å². The number of hydrogen-bond donors (Lipinski definition) is 1. The molecule has 0 bridgehead atoms. The van der Waals surface area contributed by atoms with Crippen LogP contribution in [0.5, 0.6) is 5.75 Å². The van der Waals surface area contributed by atoms with Crippen LogP contribution >= 0.6 is 0 Å². The molecule has 9 heteroatoms. The summed E-state index contributed by atoms with van der Waals surface area (Å²) in [7, 11) is 0. The Morgan fingerprint density at radius 2 is 1.12 bits per heavy atom. The molecule has 1 aliphatic rings. The number of ether oxygens (including phenoxy) is 7. The molecule has 0 saturated carbocycles. The van der Waals surface area contributed by atoms with Gasteiger partial charge in [0.25, 0.3) is 0 Å². The van der Waals surface area contributed by atoms with Crippen molar-refractivity contribution in [3.8, 4) is 5.75 Å².